The number of carbonyl (C=O) groups excluding carboxylic acids is 1. The van der Waals surface area contributed by atoms with Crippen molar-refractivity contribution in [3.63, 3.8) is 0 Å². The molecule has 1 amide bonds. The quantitative estimate of drug-likeness (QED) is 0.856. The summed E-state index contributed by atoms with van der Waals surface area (Å²) in [6.07, 6.45) is 0.378. The van der Waals surface area contributed by atoms with E-state index < -0.39 is 0 Å². The first-order valence-electron chi connectivity index (χ1n) is 6.82. The van der Waals surface area contributed by atoms with E-state index in [0.717, 1.165) is 0 Å². The van der Waals surface area contributed by atoms with Crippen LogP contribution in [-0.4, -0.2) is 18.5 Å². The minimum atomic E-state index is -0.0937. The molecule has 0 aliphatic carbocycles. The molecule has 0 bridgehead atoms. The van der Waals surface area contributed by atoms with Gasteiger partial charge in [0.15, 0.2) is 0 Å². The van der Waals surface area contributed by atoms with Crippen molar-refractivity contribution in [2.45, 2.75) is 52.5 Å². The molecular formula is C16H26N2O. The molecule has 1 unspecified atom stereocenters. The highest BCUT2D eigenvalue weighted by Crippen LogP contribution is 2.26. The molecule has 0 aromatic heterocycles. The van der Waals surface area contributed by atoms with E-state index in [1.165, 1.54) is 16.7 Å². The Bertz CT molecular complexity index is 450. The molecule has 1 aromatic carbocycles. The smallest absolute Gasteiger partial charge is 0.221 e. The third kappa shape index (κ3) is 4.67. The Morgan fingerprint density at radius 2 is 2.00 bits per heavy atom. The highest BCUT2D eigenvalue weighted by atomic mass is 16.1. The van der Waals surface area contributed by atoms with Gasteiger partial charge in [0.1, 0.15) is 0 Å². The fourth-order valence-corrected chi connectivity index (χ4v) is 2.24. The Kier molecular flexibility index (Phi) is 5.12. The maximum absolute atomic E-state index is 11.7. The van der Waals surface area contributed by atoms with Crippen LogP contribution in [0.3, 0.4) is 0 Å². The second-order valence-electron chi connectivity index (χ2n) is 6.16. The highest BCUT2D eigenvalue weighted by molar-refractivity contribution is 5.76. The van der Waals surface area contributed by atoms with E-state index in [9.17, 15) is 4.79 Å². The second-order valence-corrected chi connectivity index (χ2v) is 6.16. The summed E-state index contributed by atoms with van der Waals surface area (Å²) in [6, 6.07) is 6.36. The van der Waals surface area contributed by atoms with Crippen LogP contribution in [0, 0.1) is 13.8 Å². The van der Waals surface area contributed by atoms with Crippen molar-refractivity contribution in [3.8, 4) is 0 Å². The molecule has 0 saturated heterocycles. The van der Waals surface area contributed by atoms with Crippen LogP contribution in [0.2, 0.25) is 0 Å². The summed E-state index contributed by atoms with van der Waals surface area (Å²) in [7, 11) is 0. The summed E-state index contributed by atoms with van der Waals surface area (Å²) in [4.78, 5) is 11.7. The maximum atomic E-state index is 11.7. The molecular weight excluding hydrogens is 236 g/mol. The molecule has 3 nitrogen and oxygen atoms in total. The molecule has 1 atom stereocenters. The summed E-state index contributed by atoms with van der Waals surface area (Å²) in [5.41, 5.74) is 9.34. The van der Waals surface area contributed by atoms with Crippen LogP contribution in [0.25, 0.3) is 0 Å². The number of nitrogens with one attached hydrogen (secondary N) is 1. The monoisotopic (exact) mass is 262 g/mol. The summed E-state index contributed by atoms with van der Waals surface area (Å²) in [5, 5.41) is 2.98. The van der Waals surface area contributed by atoms with Crippen molar-refractivity contribution in [3.05, 3.63) is 34.9 Å². The van der Waals surface area contributed by atoms with Crippen LogP contribution >= 0.6 is 0 Å². The number of rotatable bonds is 5. The van der Waals surface area contributed by atoms with Gasteiger partial charge in [-0.25, -0.2) is 0 Å². The fraction of sp³-hybridized carbons (Fsp3) is 0.562. The third-order valence-corrected chi connectivity index (χ3v) is 3.36. The molecule has 0 heterocycles. The van der Waals surface area contributed by atoms with Gasteiger partial charge in [-0.1, -0.05) is 37.6 Å². The molecule has 1 rings (SSSR count). The van der Waals surface area contributed by atoms with Crippen molar-refractivity contribution >= 4 is 5.91 Å². The predicted molar refractivity (Wildman–Crippen MR) is 80.2 cm³/mol. The van der Waals surface area contributed by atoms with Crippen molar-refractivity contribution in [1.29, 1.82) is 0 Å². The normalized spacial score (nSPS) is 13.2. The first kappa shape index (κ1) is 15.7. The molecule has 0 spiro atoms. The van der Waals surface area contributed by atoms with E-state index in [-0.39, 0.29) is 17.4 Å². The molecule has 0 aliphatic heterocycles. The van der Waals surface area contributed by atoms with E-state index in [2.05, 4.69) is 51.2 Å². The van der Waals surface area contributed by atoms with Gasteiger partial charge in [-0.15, -0.1) is 0 Å². The Hall–Kier alpha value is -1.35. The number of nitrogens with two attached hydrogens (primary N) is 1. The fourth-order valence-electron chi connectivity index (χ4n) is 2.24. The number of aryl methyl sites for hydroxylation is 2. The third-order valence-electron chi connectivity index (χ3n) is 3.36. The van der Waals surface area contributed by atoms with Crippen molar-refractivity contribution < 1.29 is 4.79 Å². The van der Waals surface area contributed by atoms with E-state index in [1.54, 1.807) is 0 Å². The van der Waals surface area contributed by atoms with Crippen molar-refractivity contribution in [1.82, 2.24) is 5.32 Å². The van der Waals surface area contributed by atoms with Crippen LogP contribution < -0.4 is 11.1 Å². The van der Waals surface area contributed by atoms with Crippen molar-refractivity contribution in [2.24, 2.45) is 5.73 Å². The molecule has 3 N–H and O–H groups in total. The Morgan fingerprint density at radius 3 is 2.58 bits per heavy atom. The van der Waals surface area contributed by atoms with Crippen LogP contribution in [0.4, 0.5) is 0 Å². The number of hydrogen-bond acceptors (Lipinski definition) is 2. The zero-order chi connectivity index (χ0) is 14.6. The van der Waals surface area contributed by atoms with Gasteiger partial charge >= 0.3 is 0 Å². The van der Waals surface area contributed by atoms with Gasteiger partial charge in [0, 0.05) is 24.4 Å². The molecule has 106 valence electrons. The topological polar surface area (TPSA) is 55.1 Å². The second kappa shape index (κ2) is 6.20. The zero-order valence-corrected chi connectivity index (χ0v) is 12.7. The van der Waals surface area contributed by atoms with Crippen LogP contribution in [0.15, 0.2) is 18.2 Å². The molecule has 0 saturated carbocycles. The number of carbonyl (C=O) groups is 1. The lowest BCUT2D eigenvalue weighted by Crippen LogP contribution is -2.39. The van der Waals surface area contributed by atoms with Crippen LogP contribution in [0.5, 0.6) is 0 Å². The summed E-state index contributed by atoms with van der Waals surface area (Å²) < 4.78 is 0. The van der Waals surface area contributed by atoms with Gasteiger partial charge in [0.25, 0.3) is 0 Å². The Labute approximate surface area is 116 Å². The molecule has 0 aliphatic rings. The van der Waals surface area contributed by atoms with E-state index in [1.807, 2.05) is 6.92 Å². The van der Waals surface area contributed by atoms with Gasteiger partial charge in [-0.3, -0.25) is 4.79 Å². The average Bonchev–Trinajstić information content (AvgIpc) is 2.29. The molecule has 0 fully saturated rings. The van der Waals surface area contributed by atoms with E-state index in [4.69, 9.17) is 5.73 Å². The highest BCUT2D eigenvalue weighted by Gasteiger charge is 2.23. The largest absolute Gasteiger partial charge is 0.355 e. The number of amides is 1. The average molecular weight is 262 g/mol. The minimum Gasteiger partial charge on any atom is -0.355 e. The van der Waals surface area contributed by atoms with Gasteiger partial charge in [0.05, 0.1) is 0 Å². The molecule has 3 heteroatoms. The number of benzene rings is 1. The summed E-state index contributed by atoms with van der Waals surface area (Å²) in [6.45, 7) is 11.0. The molecule has 1 aromatic rings. The van der Waals surface area contributed by atoms with Gasteiger partial charge in [-0.05, 0) is 31.9 Å². The summed E-state index contributed by atoms with van der Waals surface area (Å²) >= 11 is 0. The van der Waals surface area contributed by atoms with Crippen molar-refractivity contribution in [2.75, 3.05) is 6.54 Å². The van der Waals surface area contributed by atoms with Crippen LogP contribution in [-0.2, 0) is 10.2 Å². The van der Waals surface area contributed by atoms with Crippen LogP contribution in [0.1, 0.15) is 43.9 Å². The van der Waals surface area contributed by atoms with Gasteiger partial charge < -0.3 is 11.1 Å². The molecule has 0 radical (unpaired) electrons. The van der Waals surface area contributed by atoms with E-state index in [0.29, 0.717) is 13.0 Å². The van der Waals surface area contributed by atoms with E-state index >= 15 is 0 Å². The van der Waals surface area contributed by atoms with Gasteiger partial charge in [-0.2, -0.15) is 0 Å². The minimum absolute atomic E-state index is 0.0216. The maximum Gasteiger partial charge on any atom is 0.221 e. The molecule has 19 heavy (non-hydrogen) atoms. The number of hydrogen-bond donors (Lipinski definition) is 2. The zero-order valence-electron chi connectivity index (χ0n) is 12.7. The summed E-state index contributed by atoms with van der Waals surface area (Å²) in [5.74, 6) is 0.0216. The first-order chi connectivity index (χ1) is 8.72. The standard InChI is InChI=1S/C16H26N2O/c1-11-6-7-12(2)14(8-11)16(4,5)10-18-15(19)9-13(3)17/h6-8,13H,9-10,17H2,1-5H3,(H,18,19). The SMILES string of the molecule is Cc1ccc(C)c(C(C)(C)CNC(=O)CC(C)N)c1. The van der Waals surface area contributed by atoms with Gasteiger partial charge in [0.2, 0.25) is 5.91 Å². The lowest BCUT2D eigenvalue weighted by Gasteiger charge is -2.28. The Balaban J connectivity index is 2.75. The predicted octanol–water partition coefficient (Wildman–Crippen LogP) is 2.43. The Morgan fingerprint density at radius 1 is 1.37 bits per heavy atom. The first-order valence-corrected chi connectivity index (χ1v) is 6.82. The lowest BCUT2D eigenvalue weighted by molar-refractivity contribution is -0.121. The lowest BCUT2D eigenvalue weighted by atomic mass is 9.81.